The maximum atomic E-state index is 11.4. The second kappa shape index (κ2) is 7.54. The Morgan fingerprint density at radius 3 is 2.56 bits per heavy atom. The topological polar surface area (TPSA) is 57.5 Å². The predicted octanol–water partition coefficient (Wildman–Crippen LogP) is 0.721. The van der Waals surface area contributed by atoms with E-state index in [1.807, 2.05) is 30.3 Å². The minimum Gasteiger partial charge on any atom is -0.394 e. The molecule has 1 aromatic carbocycles. The quantitative estimate of drug-likeness (QED) is 0.741. The Morgan fingerprint density at radius 1 is 1.25 bits per heavy atom. The van der Waals surface area contributed by atoms with Crippen LogP contribution in [0.1, 0.15) is 12.0 Å². The Bertz CT molecular complexity index is 313. The number of benzene rings is 1. The Balaban J connectivity index is 2.18. The Labute approximate surface area is 98.6 Å². The van der Waals surface area contributed by atoms with Gasteiger partial charge in [-0.15, -0.1) is 0 Å². The van der Waals surface area contributed by atoms with Gasteiger partial charge in [-0.3, -0.25) is 4.21 Å². The van der Waals surface area contributed by atoms with Gasteiger partial charge in [-0.05, 0) is 18.4 Å². The molecular weight excluding hydrogens is 224 g/mol. The fraction of sp³-hybridized carbons (Fsp3) is 0.500. The van der Waals surface area contributed by atoms with Crippen LogP contribution in [0.4, 0.5) is 0 Å². The summed E-state index contributed by atoms with van der Waals surface area (Å²) in [5, 5.41) is 17.7. The lowest BCUT2D eigenvalue weighted by Gasteiger charge is -2.06. The molecule has 16 heavy (non-hydrogen) atoms. The number of aryl methyl sites for hydroxylation is 1. The second-order valence-electron chi connectivity index (χ2n) is 3.74. The average molecular weight is 242 g/mol. The lowest BCUT2D eigenvalue weighted by molar-refractivity contribution is 0.113. The molecule has 0 aliphatic heterocycles. The summed E-state index contributed by atoms with van der Waals surface area (Å²) < 4.78 is 11.4. The van der Waals surface area contributed by atoms with Gasteiger partial charge in [0.25, 0.3) is 0 Å². The van der Waals surface area contributed by atoms with Gasteiger partial charge in [-0.2, -0.15) is 0 Å². The molecule has 3 nitrogen and oxygen atoms in total. The number of rotatable bonds is 7. The van der Waals surface area contributed by atoms with E-state index in [-0.39, 0.29) is 12.4 Å². The van der Waals surface area contributed by atoms with Gasteiger partial charge in [0.2, 0.25) is 0 Å². The largest absolute Gasteiger partial charge is 0.394 e. The standard InChI is InChI=1S/C12H18O3S/c13-9-12(14)10-16(15)8-4-7-11-5-2-1-3-6-11/h1-3,5-6,12-14H,4,7-10H2. The third-order valence-electron chi connectivity index (χ3n) is 2.27. The van der Waals surface area contributed by atoms with Crippen molar-refractivity contribution in [2.45, 2.75) is 18.9 Å². The SMILES string of the molecule is O=S(CCCc1ccccc1)CC(O)CO. The Kier molecular flexibility index (Phi) is 6.30. The highest BCUT2D eigenvalue weighted by molar-refractivity contribution is 7.85. The maximum absolute atomic E-state index is 11.4. The van der Waals surface area contributed by atoms with Crippen molar-refractivity contribution in [3.8, 4) is 0 Å². The molecule has 0 spiro atoms. The monoisotopic (exact) mass is 242 g/mol. The molecule has 0 aromatic heterocycles. The first-order chi connectivity index (χ1) is 7.72. The van der Waals surface area contributed by atoms with Crippen LogP contribution >= 0.6 is 0 Å². The van der Waals surface area contributed by atoms with Gasteiger partial charge in [0, 0.05) is 16.6 Å². The zero-order valence-corrected chi connectivity index (χ0v) is 10.0. The van der Waals surface area contributed by atoms with Crippen molar-refractivity contribution in [1.82, 2.24) is 0 Å². The summed E-state index contributed by atoms with van der Waals surface area (Å²) in [7, 11) is -1.03. The van der Waals surface area contributed by atoms with Crippen LogP contribution in [0.25, 0.3) is 0 Å². The summed E-state index contributed by atoms with van der Waals surface area (Å²) in [6.07, 6.45) is 0.897. The van der Waals surface area contributed by atoms with Crippen LogP contribution in [0.5, 0.6) is 0 Å². The van der Waals surface area contributed by atoms with Crippen LogP contribution in [0.15, 0.2) is 30.3 Å². The van der Waals surface area contributed by atoms with E-state index in [0.29, 0.717) is 5.75 Å². The molecular formula is C12H18O3S. The van der Waals surface area contributed by atoms with Crippen LogP contribution in [-0.2, 0) is 17.2 Å². The second-order valence-corrected chi connectivity index (χ2v) is 5.36. The van der Waals surface area contributed by atoms with E-state index < -0.39 is 16.9 Å². The predicted molar refractivity (Wildman–Crippen MR) is 65.7 cm³/mol. The molecule has 0 fully saturated rings. The zero-order chi connectivity index (χ0) is 11.8. The summed E-state index contributed by atoms with van der Waals surface area (Å²) in [5.74, 6) is 0.747. The summed E-state index contributed by atoms with van der Waals surface area (Å²) in [6.45, 7) is -0.315. The van der Waals surface area contributed by atoms with E-state index in [2.05, 4.69) is 0 Å². The third kappa shape index (κ3) is 5.39. The van der Waals surface area contributed by atoms with Crippen LogP contribution < -0.4 is 0 Å². The fourth-order valence-corrected chi connectivity index (χ4v) is 2.60. The molecule has 0 bridgehead atoms. The van der Waals surface area contributed by atoms with E-state index in [1.54, 1.807) is 0 Å². The van der Waals surface area contributed by atoms with E-state index in [4.69, 9.17) is 10.2 Å². The lowest BCUT2D eigenvalue weighted by atomic mass is 10.1. The molecule has 1 aromatic rings. The van der Waals surface area contributed by atoms with Crippen LogP contribution in [0.2, 0.25) is 0 Å². The molecule has 0 radical (unpaired) electrons. The van der Waals surface area contributed by atoms with Crippen molar-refractivity contribution in [2.24, 2.45) is 0 Å². The molecule has 0 saturated heterocycles. The molecule has 0 amide bonds. The normalized spacial score (nSPS) is 14.6. The molecule has 4 heteroatoms. The molecule has 90 valence electrons. The molecule has 2 N–H and O–H groups in total. The third-order valence-corrected chi connectivity index (χ3v) is 3.77. The lowest BCUT2D eigenvalue weighted by Crippen LogP contribution is -2.22. The molecule has 0 saturated carbocycles. The average Bonchev–Trinajstić information content (AvgIpc) is 2.30. The molecule has 2 atom stereocenters. The first-order valence-electron chi connectivity index (χ1n) is 5.40. The fourth-order valence-electron chi connectivity index (χ4n) is 1.43. The van der Waals surface area contributed by atoms with Crippen molar-refractivity contribution in [3.63, 3.8) is 0 Å². The van der Waals surface area contributed by atoms with Gasteiger partial charge in [0.05, 0.1) is 18.5 Å². The van der Waals surface area contributed by atoms with Crippen molar-refractivity contribution >= 4 is 10.8 Å². The highest BCUT2D eigenvalue weighted by Gasteiger charge is 2.07. The molecule has 0 heterocycles. The summed E-state index contributed by atoms with van der Waals surface area (Å²) in [5.41, 5.74) is 1.24. The number of hydrogen-bond acceptors (Lipinski definition) is 3. The molecule has 2 unspecified atom stereocenters. The first-order valence-corrected chi connectivity index (χ1v) is 6.89. The Morgan fingerprint density at radius 2 is 1.94 bits per heavy atom. The Hall–Kier alpha value is -0.710. The van der Waals surface area contributed by atoms with Crippen molar-refractivity contribution in [1.29, 1.82) is 0 Å². The van der Waals surface area contributed by atoms with E-state index in [1.165, 1.54) is 5.56 Å². The van der Waals surface area contributed by atoms with Crippen molar-refractivity contribution < 1.29 is 14.4 Å². The summed E-state index contributed by atoms with van der Waals surface area (Å²) >= 11 is 0. The van der Waals surface area contributed by atoms with E-state index in [9.17, 15) is 4.21 Å². The van der Waals surface area contributed by atoms with Crippen molar-refractivity contribution in [3.05, 3.63) is 35.9 Å². The zero-order valence-electron chi connectivity index (χ0n) is 9.21. The maximum Gasteiger partial charge on any atom is 0.0885 e. The number of aliphatic hydroxyl groups is 2. The van der Waals surface area contributed by atoms with Gasteiger partial charge >= 0.3 is 0 Å². The minimum atomic E-state index is -1.03. The van der Waals surface area contributed by atoms with Gasteiger partial charge < -0.3 is 10.2 Å². The van der Waals surface area contributed by atoms with E-state index >= 15 is 0 Å². The molecule has 1 rings (SSSR count). The summed E-state index contributed by atoms with van der Waals surface area (Å²) in [4.78, 5) is 0. The minimum absolute atomic E-state index is 0.172. The summed E-state index contributed by atoms with van der Waals surface area (Å²) in [6, 6.07) is 10.0. The highest BCUT2D eigenvalue weighted by atomic mass is 32.2. The van der Waals surface area contributed by atoms with Crippen molar-refractivity contribution in [2.75, 3.05) is 18.1 Å². The number of hydrogen-bond donors (Lipinski definition) is 2. The number of aliphatic hydroxyl groups excluding tert-OH is 2. The van der Waals surface area contributed by atoms with Gasteiger partial charge in [0.1, 0.15) is 0 Å². The van der Waals surface area contributed by atoms with E-state index in [0.717, 1.165) is 12.8 Å². The molecule has 0 aliphatic rings. The van der Waals surface area contributed by atoms with Crippen LogP contribution in [0, 0.1) is 0 Å². The van der Waals surface area contributed by atoms with Gasteiger partial charge in [0.15, 0.2) is 0 Å². The molecule has 0 aliphatic carbocycles. The highest BCUT2D eigenvalue weighted by Crippen LogP contribution is 2.03. The van der Waals surface area contributed by atoms with Gasteiger partial charge in [-0.25, -0.2) is 0 Å². The smallest absolute Gasteiger partial charge is 0.0885 e. The van der Waals surface area contributed by atoms with Crippen LogP contribution in [0.3, 0.4) is 0 Å². The first kappa shape index (κ1) is 13.4. The van der Waals surface area contributed by atoms with Crippen LogP contribution in [-0.4, -0.2) is 38.6 Å². The van der Waals surface area contributed by atoms with Gasteiger partial charge in [-0.1, -0.05) is 30.3 Å².